The van der Waals surface area contributed by atoms with Crippen molar-refractivity contribution in [2.24, 2.45) is 0 Å². The van der Waals surface area contributed by atoms with Crippen LogP contribution in [0.3, 0.4) is 0 Å². The van der Waals surface area contributed by atoms with Crippen LogP contribution in [0, 0.1) is 0 Å². The number of nitrogens with zero attached hydrogens (tertiary/aromatic N) is 1. The van der Waals surface area contributed by atoms with Crippen molar-refractivity contribution in [1.82, 2.24) is 10.2 Å². The van der Waals surface area contributed by atoms with Crippen LogP contribution in [0.25, 0.3) is 0 Å². The van der Waals surface area contributed by atoms with Gasteiger partial charge >= 0.3 is 6.09 Å². The van der Waals surface area contributed by atoms with Crippen LogP contribution in [0.2, 0.25) is 0 Å². The van der Waals surface area contributed by atoms with Crippen molar-refractivity contribution in [3.63, 3.8) is 0 Å². The number of ether oxygens (including phenoxy) is 1. The van der Waals surface area contributed by atoms with Gasteiger partial charge in [0.25, 0.3) is 0 Å². The third-order valence-electron chi connectivity index (χ3n) is 4.08. The number of hydrogen-bond acceptors (Lipinski definition) is 4. The molecule has 1 aromatic carbocycles. The predicted octanol–water partition coefficient (Wildman–Crippen LogP) is 3.95. The van der Waals surface area contributed by atoms with Crippen molar-refractivity contribution in [2.45, 2.75) is 64.0 Å². The van der Waals surface area contributed by atoms with E-state index in [0.29, 0.717) is 5.88 Å². The standard InChI is InChI=1S/C19H28N2O3S/c1-13(14-10-8-7-9-11-14)20-16(22)15-19(5,6)25-12-21(15)17(23)24-18(2,3)4/h7-11,13,15H,12H2,1-6H3,(H,20,22)/t13-,15-/m1/s1. The van der Waals surface area contributed by atoms with Crippen LogP contribution in [0.15, 0.2) is 30.3 Å². The van der Waals surface area contributed by atoms with Gasteiger partial charge in [0.2, 0.25) is 5.91 Å². The molecule has 0 bridgehead atoms. The van der Waals surface area contributed by atoms with Gasteiger partial charge in [0.05, 0.1) is 11.9 Å². The van der Waals surface area contributed by atoms with E-state index in [1.165, 1.54) is 4.90 Å². The Kier molecular flexibility index (Phi) is 5.72. The van der Waals surface area contributed by atoms with Crippen molar-refractivity contribution in [3.8, 4) is 0 Å². The number of rotatable bonds is 3. The molecule has 1 saturated heterocycles. The molecule has 0 saturated carbocycles. The lowest BCUT2D eigenvalue weighted by molar-refractivity contribution is -0.127. The third-order valence-corrected chi connectivity index (χ3v) is 5.46. The minimum absolute atomic E-state index is 0.129. The van der Waals surface area contributed by atoms with Crippen LogP contribution in [-0.4, -0.2) is 39.2 Å². The van der Waals surface area contributed by atoms with E-state index in [1.807, 2.05) is 71.9 Å². The Balaban J connectivity index is 2.14. The van der Waals surface area contributed by atoms with E-state index in [1.54, 1.807) is 11.8 Å². The van der Waals surface area contributed by atoms with Gasteiger partial charge in [-0.3, -0.25) is 9.69 Å². The molecule has 0 unspecified atom stereocenters. The predicted molar refractivity (Wildman–Crippen MR) is 101 cm³/mol. The van der Waals surface area contributed by atoms with E-state index in [2.05, 4.69) is 5.32 Å². The van der Waals surface area contributed by atoms with Crippen molar-refractivity contribution in [2.75, 3.05) is 5.88 Å². The van der Waals surface area contributed by atoms with Crippen LogP contribution in [0.5, 0.6) is 0 Å². The Morgan fingerprint density at radius 1 is 1.28 bits per heavy atom. The van der Waals surface area contributed by atoms with E-state index in [9.17, 15) is 9.59 Å². The summed E-state index contributed by atoms with van der Waals surface area (Å²) < 4.78 is 5.10. The van der Waals surface area contributed by atoms with Gasteiger partial charge in [-0.2, -0.15) is 0 Å². The first-order chi connectivity index (χ1) is 11.5. The van der Waals surface area contributed by atoms with Crippen LogP contribution in [-0.2, 0) is 9.53 Å². The molecule has 2 rings (SSSR count). The largest absolute Gasteiger partial charge is 0.444 e. The lowest BCUT2D eigenvalue weighted by atomic mass is 10.00. The molecule has 138 valence electrons. The van der Waals surface area contributed by atoms with Gasteiger partial charge in [-0.05, 0) is 47.1 Å². The number of amides is 2. The van der Waals surface area contributed by atoms with Gasteiger partial charge < -0.3 is 10.1 Å². The van der Waals surface area contributed by atoms with E-state index in [-0.39, 0.29) is 16.7 Å². The first-order valence-corrected chi connectivity index (χ1v) is 9.49. The molecule has 2 amide bonds. The summed E-state index contributed by atoms with van der Waals surface area (Å²) in [7, 11) is 0. The van der Waals surface area contributed by atoms with Crippen molar-refractivity contribution >= 4 is 23.8 Å². The number of thioether (sulfide) groups is 1. The number of nitrogens with one attached hydrogen (secondary N) is 1. The highest BCUT2D eigenvalue weighted by atomic mass is 32.2. The van der Waals surface area contributed by atoms with Crippen molar-refractivity contribution in [1.29, 1.82) is 0 Å². The maximum absolute atomic E-state index is 13.0. The molecule has 5 nitrogen and oxygen atoms in total. The second-order valence-electron chi connectivity index (χ2n) is 7.87. The number of carbonyl (C=O) groups is 2. The average molecular weight is 365 g/mol. The molecule has 0 radical (unpaired) electrons. The molecule has 6 heteroatoms. The topological polar surface area (TPSA) is 58.6 Å². The minimum atomic E-state index is -0.590. The van der Waals surface area contributed by atoms with Gasteiger partial charge in [0.1, 0.15) is 11.6 Å². The lowest BCUT2D eigenvalue weighted by Crippen LogP contribution is -2.54. The van der Waals surface area contributed by atoms with Crippen LogP contribution in [0.4, 0.5) is 4.79 Å². The molecule has 2 atom stereocenters. The fraction of sp³-hybridized carbons (Fsp3) is 0.579. The zero-order valence-electron chi connectivity index (χ0n) is 15.8. The second-order valence-corrected chi connectivity index (χ2v) is 9.47. The quantitative estimate of drug-likeness (QED) is 0.882. The Morgan fingerprint density at radius 2 is 1.88 bits per heavy atom. The lowest BCUT2D eigenvalue weighted by Gasteiger charge is -2.32. The number of carbonyl (C=O) groups excluding carboxylic acids is 2. The Morgan fingerprint density at radius 3 is 2.44 bits per heavy atom. The summed E-state index contributed by atoms with van der Waals surface area (Å²) in [5.74, 6) is 0.289. The molecule has 1 aromatic rings. The highest BCUT2D eigenvalue weighted by Crippen LogP contribution is 2.40. The normalized spacial score (nSPS) is 20.9. The SMILES string of the molecule is C[C@@H](NC(=O)[C@H]1N(C(=O)OC(C)(C)C)CSC1(C)C)c1ccccc1. The molecule has 0 aliphatic carbocycles. The molecule has 1 aliphatic rings. The molecule has 0 aromatic heterocycles. The minimum Gasteiger partial charge on any atom is -0.444 e. The number of benzene rings is 1. The smallest absolute Gasteiger partial charge is 0.411 e. The van der Waals surface area contributed by atoms with Crippen LogP contribution < -0.4 is 5.32 Å². The van der Waals surface area contributed by atoms with Gasteiger partial charge in [-0.25, -0.2) is 4.79 Å². The third kappa shape index (κ3) is 4.91. The summed E-state index contributed by atoms with van der Waals surface area (Å²) >= 11 is 1.59. The Labute approximate surface area is 154 Å². The monoisotopic (exact) mass is 364 g/mol. The summed E-state index contributed by atoms with van der Waals surface area (Å²) in [4.78, 5) is 27.0. The summed E-state index contributed by atoms with van der Waals surface area (Å²) in [6.45, 7) is 11.4. The van der Waals surface area contributed by atoms with E-state index >= 15 is 0 Å². The van der Waals surface area contributed by atoms with Crippen LogP contribution in [0.1, 0.15) is 53.1 Å². The summed E-state index contributed by atoms with van der Waals surface area (Å²) in [5.41, 5.74) is 0.440. The summed E-state index contributed by atoms with van der Waals surface area (Å²) in [6, 6.07) is 9.09. The van der Waals surface area contributed by atoms with E-state index in [4.69, 9.17) is 4.74 Å². The Bertz CT molecular complexity index is 625. The first kappa shape index (κ1) is 19.6. The maximum atomic E-state index is 13.0. The van der Waals surface area contributed by atoms with Gasteiger partial charge in [-0.15, -0.1) is 11.8 Å². The van der Waals surface area contributed by atoms with E-state index in [0.717, 1.165) is 5.56 Å². The molecule has 25 heavy (non-hydrogen) atoms. The summed E-state index contributed by atoms with van der Waals surface area (Å²) in [6.07, 6.45) is -0.446. The van der Waals surface area contributed by atoms with E-state index < -0.39 is 17.7 Å². The molecular weight excluding hydrogens is 336 g/mol. The zero-order chi connectivity index (χ0) is 18.8. The zero-order valence-corrected chi connectivity index (χ0v) is 16.6. The van der Waals surface area contributed by atoms with Crippen LogP contribution >= 0.6 is 11.8 Å². The van der Waals surface area contributed by atoms with Crippen molar-refractivity contribution < 1.29 is 14.3 Å². The molecule has 1 N–H and O–H groups in total. The molecule has 1 heterocycles. The fourth-order valence-electron chi connectivity index (χ4n) is 2.82. The Hall–Kier alpha value is -1.69. The molecular formula is C19H28N2O3S. The first-order valence-electron chi connectivity index (χ1n) is 8.50. The van der Waals surface area contributed by atoms with Gasteiger partial charge in [0, 0.05) is 4.75 Å². The second kappa shape index (κ2) is 7.28. The van der Waals surface area contributed by atoms with Gasteiger partial charge in [-0.1, -0.05) is 30.3 Å². The highest BCUT2D eigenvalue weighted by Gasteiger charge is 2.49. The van der Waals surface area contributed by atoms with Crippen molar-refractivity contribution in [3.05, 3.63) is 35.9 Å². The molecule has 1 fully saturated rings. The molecule has 1 aliphatic heterocycles. The van der Waals surface area contributed by atoms with Gasteiger partial charge in [0.15, 0.2) is 0 Å². The highest BCUT2D eigenvalue weighted by molar-refractivity contribution is 8.00. The molecule has 0 spiro atoms. The summed E-state index contributed by atoms with van der Waals surface area (Å²) in [5, 5.41) is 3.04. The number of hydrogen-bond donors (Lipinski definition) is 1. The fourth-order valence-corrected chi connectivity index (χ4v) is 3.94. The average Bonchev–Trinajstić information content (AvgIpc) is 2.82. The maximum Gasteiger partial charge on any atom is 0.411 e.